The number of allylic oxidation sites excluding steroid dienone is 1. The molecule has 1 aliphatic rings. The average Bonchev–Trinajstić information content (AvgIpc) is 3.31. The molecule has 2 amide bonds. The number of hydrogen-bond donors (Lipinski definition) is 4. The lowest BCUT2D eigenvalue weighted by molar-refractivity contribution is -0.116. The van der Waals surface area contributed by atoms with Gasteiger partial charge in [-0.2, -0.15) is 13.2 Å². The minimum atomic E-state index is -4.49. The van der Waals surface area contributed by atoms with Crippen LogP contribution in [0.5, 0.6) is 0 Å². The number of fused-ring (bicyclic) bond motifs is 1. The van der Waals surface area contributed by atoms with E-state index in [1.807, 2.05) is 0 Å². The number of aromatic nitrogens is 3. The highest BCUT2D eigenvalue weighted by Crippen LogP contribution is 2.24. The molecule has 0 aliphatic carbocycles. The Kier molecular flexibility index (Phi) is 9.39. The number of amidine groups is 1. The molecule has 0 spiro atoms. The zero-order valence-corrected chi connectivity index (χ0v) is 19.8. The molecule has 188 valence electrons. The number of rotatable bonds is 5. The molecule has 0 saturated heterocycles. The monoisotopic (exact) mass is 512 g/mol. The summed E-state index contributed by atoms with van der Waals surface area (Å²) in [5, 5.41) is 8.52. The van der Waals surface area contributed by atoms with Gasteiger partial charge in [0.05, 0.1) is 10.9 Å². The van der Waals surface area contributed by atoms with Gasteiger partial charge in [-0.05, 0) is 13.3 Å². The van der Waals surface area contributed by atoms with Gasteiger partial charge in [0.1, 0.15) is 34.4 Å². The van der Waals surface area contributed by atoms with Gasteiger partial charge in [0.15, 0.2) is 6.29 Å². The molecule has 0 bridgehead atoms. The average molecular weight is 513 g/mol. The fourth-order valence-corrected chi connectivity index (χ4v) is 3.48. The topological polar surface area (TPSA) is 164 Å². The quantitative estimate of drug-likeness (QED) is 0.267. The van der Waals surface area contributed by atoms with Gasteiger partial charge >= 0.3 is 6.18 Å². The molecule has 2 aromatic rings. The van der Waals surface area contributed by atoms with Crippen molar-refractivity contribution in [1.82, 2.24) is 25.6 Å². The third kappa shape index (κ3) is 7.56. The minimum absolute atomic E-state index is 0.0878. The van der Waals surface area contributed by atoms with Crippen molar-refractivity contribution >= 4 is 41.1 Å². The number of carbonyl (C=O) groups excluding carboxylic acids is 3. The highest BCUT2D eigenvalue weighted by atomic mass is 32.1. The van der Waals surface area contributed by atoms with Gasteiger partial charge in [-0.25, -0.2) is 15.0 Å². The highest BCUT2D eigenvalue weighted by molar-refractivity contribution is 7.13. The fourth-order valence-electron chi connectivity index (χ4n) is 2.75. The van der Waals surface area contributed by atoms with E-state index >= 15 is 0 Å². The van der Waals surface area contributed by atoms with Gasteiger partial charge < -0.3 is 21.7 Å². The SMILES string of the molecule is CC(NC(=O)c1ncnc2c1CCC(=O)N2)c1ncc(C=O)s1.CN=C(/C=C(\N)C(F)(F)F)NC. The van der Waals surface area contributed by atoms with Crippen molar-refractivity contribution in [2.24, 2.45) is 10.7 Å². The molecule has 5 N–H and O–H groups in total. The summed E-state index contributed by atoms with van der Waals surface area (Å²) in [7, 11) is 2.83. The van der Waals surface area contributed by atoms with E-state index in [9.17, 15) is 27.6 Å². The molecule has 3 heterocycles. The number of aldehydes is 1. The van der Waals surface area contributed by atoms with Crippen molar-refractivity contribution < 1.29 is 27.6 Å². The van der Waals surface area contributed by atoms with E-state index in [0.717, 1.165) is 12.4 Å². The van der Waals surface area contributed by atoms with Gasteiger partial charge in [-0.1, -0.05) is 0 Å². The number of amides is 2. The standard InChI is InChI=1S/C14H13N5O3S.C6H10F3N3/c1-7(14-15-4-8(5-20)23-14)18-13(22)11-9-2-3-10(21)19-12(9)17-6-16-11;1-11-5(12-2)3-4(10)6(7,8)9/h4-7H,2-3H2,1H3,(H,18,22)(H,16,17,19,21);3H,10H2,1-2H3,(H,11,12)/b;4-3-. The first kappa shape index (κ1) is 27.4. The summed E-state index contributed by atoms with van der Waals surface area (Å²) < 4.78 is 35.4. The second-order valence-corrected chi connectivity index (χ2v) is 8.06. The van der Waals surface area contributed by atoms with Crippen molar-refractivity contribution in [3.63, 3.8) is 0 Å². The van der Waals surface area contributed by atoms with Crippen molar-refractivity contribution in [2.45, 2.75) is 32.0 Å². The van der Waals surface area contributed by atoms with Gasteiger partial charge in [0, 0.05) is 38.4 Å². The van der Waals surface area contributed by atoms with Crippen LogP contribution in [0.25, 0.3) is 0 Å². The molecule has 11 nitrogen and oxygen atoms in total. The molecule has 35 heavy (non-hydrogen) atoms. The van der Waals surface area contributed by atoms with Crippen LogP contribution in [-0.2, 0) is 11.2 Å². The summed E-state index contributed by atoms with van der Waals surface area (Å²) in [5.74, 6) is -0.0216. The van der Waals surface area contributed by atoms with Crippen LogP contribution in [-0.4, -0.2) is 59.2 Å². The summed E-state index contributed by atoms with van der Waals surface area (Å²) in [5.41, 5.74) is 4.42. The number of carbonyl (C=O) groups is 3. The van der Waals surface area contributed by atoms with Crippen molar-refractivity contribution in [3.8, 4) is 0 Å². The number of nitrogens with two attached hydrogens (primary N) is 1. The van der Waals surface area contributed by atoms with Crippen molar-refractivity contribution in [3.05, 3.63) is 45.4 Å². The normalized spacial score (nSPS) is 14.6. The molecule has 1 atom stereocenters. The zero-order chi connectivity index (χ0) is 26.2. The first-order valence-electron chi connectivity index (χ1n) is 10.0. The molecule has 0 fully saturated rings. The molecule has 0 radical (unpaired) electrons. The van der Waals surface area contributed by atoms with E-state index < -0.39 is 11.9 Å². The fraction of sp³-hybridized carbons (Fsp3) is 0.350. The number of anilines is 1. The third-order valence-electron chi connectivity index (χ3n) is 4.51. The number of halogens is 3. The number of aliphatic imine (C=N–C) groups is 1. The Bertz CT molecular complexity index is 1150. The summed E-state index contributed by atoms with van der Waals surface area (Å²) in [6, 6.07) is -0.356. The number of nitrogens with one attached hydrogen (secondary N) is 3. The Hall–Kier alpha value is -3.88. The third-order valence-corrected chi connectivity index (χ3v) is 5.62. The number of nitrogens with zero attached hydrogens (tertiary/aromatic N) is 4. The van der Waals surface area contributed by atoms with E-state index in [-0.39, 0.29) is 29.4 Å². The van der Waals surface area contributed by atoms with Gasteiger partial charge in [-0.3, -0.25) is 19.4 Å². The van der Waals surface area contributed by atoms with E-state index in [2.05, 4.69) is 35.9 Å². The molecule has 15 heteroatoms. The lowest BCUT2D eigenvalue weighted by Gasteiger charge is -2.18. The van der Waals surface area contributed by atoms with Gasteiger partial charge in [-0.15, -0.1) is 11.3 Å². The van der Waals surface area contributed by atoms with Crippen LogP contribution in [0.2, 0.25) is 0 Å². The minimum Gasteiger partial charge on any atom is -0.395 e. The van der Waals surface area contributed by atoms with Crippen LogP contribution in [0.1, 0.15) is 50.1 Å². The molecule has 0 saturated carbocycles. The molecule has 1 unspecified atom stereocenters. The largest absolute Gasteiger partial charge is 0.430 e. The van der Waals surface area contributed by atoms with E-state index in [0.29, 0.717) is 34.1 Å². The van der Waals surface area contributed by atoms with Crippen LogP contribution in [0.15, 0.2) is 29.3 Å². The molecular weight excluding hydrogens is 489 g/mol. The Morgan fingerprint density at radius 1 is 1.31 bits per heavy atom. The zero-order valence-electron chi connectivity index (χ0n) is 18.9. The lowest BCUT2D eigenvalue weighted by atomic mass is 10.0. The first-order valence-corrected chi connectivity index (χ1v) is 10.9. The second-order valence-electron chi connectivity index (χ2n) is 6.97. The summed E-state index contributed by atoms with van der Waals surface area (Å²) in [6.45, 7) is 1.78. The molecular formula is C20H23F3N8O3S. The number of alkyl halides is 3. The van der Waals surface area contributed by atoms with E-state index in [4.69, 9.17) is 5.73 Å². The Labute approximate surface area is 202 Å². The van der Waals surface area contributed by atoms with Gasteiger partial charge in [0.25, 0.3) is 5.91 Å². The predicted molar refractivity (Wildman–Crippen MR) is 123 cm³/mol. The maximum Gasteiger partial charge on any atom is 0.430 e. The molecule has 3 rings (SSSR count). The van der Waals surface area contributed by atoms with Crippen molar-refractivity contribution in [1.29, 1.82) is 0 Å². The summed E-state index contributed by atoms with van der Waals surface area (Å²) in [4.78, 5) is 50.7. The summed E-state index contributed by atoms with van der Waals surface area (Å²) >= 11 is 1.22. The van der Waals surface area contributed by atoms with Crippen LogP contribution < -0.4 is 21.7 Å². The molecule has 0 aromatic carbocycles. The Morgan fingerprint density at radius 3 is 2.60 bits per heavy atom. The Morgan fingerprint density at radius 2 is 2.03 bits per heavy atom. The van der Waals surface area contributed by atoms with E-state index in [1.165, 1.54) is 38.0 Å². The highest BCUT2D eigenvalue weighted by Gasteiger charge is 2.31. The van der Waals surface area contributed by atoms with E-state index in [1.54, 1.807) is 6.92 Å². The number of hydrogen-bond acceptors (Lipinski definition) is 9. The van der Waals surface area contributed by atoms with Crippen molar-refractivity contribution in [2.75, 3.05) is 19.4 Å². The van der Waals surface area contributed by atoms with Gasteiger partial charge in [0.2, 0.25) is 5.91 Å². The Balaban J connectivity index is 0.000000307. The summed E-state index contributed by atoms with van der Waals surface area (Å²) in [6.07, 6.45) is 0.401. The number of thiazole rings is 1. The predicted octanol–water partition coefficient (Wildman–Crippen LogP) is 1.76. The van der Waals surface area contributed by atoms with Crippen LogP contribution in [0.3, 0.4) is 0 Å². The van der Waals surface area contributed by atoms with Crippen LogP contribution in [0.4, 0.5) is 19.0 Å². The smallest absolute Gasteiger partial charge is 0.395 e. The lowest BCUT2D eigenvalue weighted by Crippen LogP contribution is -2.30. The van der Waals surface area contributed by atoms with Crippen LogP contribution >= 0.6 is 11.3 Å². The van der Waals surface area contributed by atoms with Crippen LogP contribution in [0, 0.1) is 0 Å². The molecule has 2 aromatic heterocycles. The first-order chi connectivity index (χ1) is 16.5. The number of likely N-dealkylation sites (N-methyl/N-ethyl adjacent to an activating group) is 1. The maximum absolute atomic E-state index is 12.5. The molecule has 1 aliphatic heterocycles. The maximum atomic E-state index is 12.5. The second kappa shape index (κ2) is 12.0.